The highest BCUT2D eigenvalue weighted by atomic mass is 79.9. The van der Waals surface area contributed by atoms with Gasteiger partial charge in [-0.25, -0.2) is 4.98 Å². The van der Waals surface area contributed by atoms with Gasteiger partial charge in [0.15, 0.2) is 0 Å². The normalized spacial score (nSPS) is 10.5. The number of aryl methyl sites for hydroxylation is 1. The first-order valence-electron chi connectivity index (χ1n) is 5.31. The molecule has 0 radical (unpaired) electrons. The molecule has 0 saturated carbocycles. The van der Waals surface area contributed by atoms with Crippen LogP contribution in [-0.2, 0) is 4.79 Å². The van der Waals surface area contributed by atoms with Crippen LogP contribution in [0.1, 0.15) is 5.82 Å². The number of nitrogens with one attached hydrogen (secondary N) is 2. The molecule has 19 heavy (non-hydrogen) atoms. The molecule has 0 aliphatic heterocycles. The Morgan fingerprint density at radius 2 is 2.37 bits per heavy atom. The first-order valence-corrected chi connectivity index (χ1v) is 7.47. The number of thioether (sulfide) groups is 1. The highest BCUT2D eigenvalue weighted by Crippen LogP contribution is 2.25. The van der Waals surface area contributed by atoms with Crippen LogP contribution >= 0.6 is 39.3 Å². The molecule has 1 aromatic carbocycles. The number of aromatic amines is 1. The smallest absolute Gasteiger partial charge is 0.234 e. The lowest BCUT2D eigenvalue weighted by molar-refractivity contribution is -0.113. The quantitative estimate of drug-likeness (QED) is 0.820. The summed E-state index contributed by atoms with van der Waals surface area (Å²) in [5.41, 5.74) is 0.585. The van der Waals surface area contributed by atoms with Gasteiger partial charge in [-0.1, -0.05) is 39.3 Å². The van der Waals surface area contributed by atoms with E-state index < -0.39 is 0 Å². The van der Waals surface area contributed by atoms with E-state index in [-0.39, 0.29) is 11.7 Å². The summed E-state index contributed by atoms with van der Waals surface area (Å²) in [5.74, 6) is 0.791. The van der Waals surface area contributed by atoms with Crippen LogP contribution in [0.25, 0.3) is 0 Å². The second kappa shape index (κ2) is 6.40. The molecule has 1 amide bonds. The van der Waals surface area contributed by atoms with Gasteiger partial charge in [0.1, 0.15) is 5.82 Å². The summed E-state index contributed by atoms with van der Waals surface area (Å²) < 4.78 is 0.862. The molecule has 2 aromatic rings. The molecule has 1 heterocycles. The van der Waals surface area contributed by atoms with Crippen molar-refractivity contribution in [3.63, 3.8) is 0 Å². The lowest BCUT2D eigenvalue weighted by Gasteiger charge is -2.06. The lowest BCUT2D eigenvalue weighted by atomic mass is 10.3. The molecule has 100 valence electrons. The molecule has 0 atom stereocenters. The fraction of sp³-hybridized carbons (Fsp3) is 0.182. The molecule has 0 aliphatic rings. The summed E-state index contributed by atoms with van der Waals surface area (Å²) >= 11 is 10.6. The van der Waals surface area contributed by atoms with Gasteiger partial charge >= 0.3 is 0 Å². The van der Waals surface area contributed by atoms with E-state index in [2.05, 4.69) is 36.4 Å². The van der Waals surface area contributed by atoms with E-state index >= 15 is 0 Å². The Labute approximate surface area is 127 Å². The van der Waals surface area contributed by atoms with E-state index in [4.69, 9.17) is 11.6 Å². The maximum absolute atomic E-state index is 11.8. The Hall–Kier alpha value is -1.05. The van der Waals surface area contributed by atoms with E-state index in [9.17, 15) is 4.79 Å². The van der Waals surface area contributed by atoms with Gasteiger partial charge in [0.25, 0.3) is 0 Å². The number of benzene rings is 1. The third-order valence-electron chi connectivity index (χ3n) is 2.11. The molecule has 0 saturated heterocycles. The van der Waals surface area contributed by atoms with Crippen molar-refractivity contribution in [2.75, 3.05) is 11.1 Å². The van der Waals surface area contributed by atoms with Crippen LogP contribution in [-0.4, -0.2) is 26.8 Å². The van der Waals surface area contributed by atoms with E-state index in [0.717, 1.165) is 10.3 Å². The summed E-state index contributed by atoms with van der Waals surface area (Å²) in [7, 11) is 0. The maximum atomic E-state index is 11.8. The maximum Gasteiger partial charge on any atom is 0.234 e. The predicted molar refractivity (Wildman–Crippen MR) is 79.6 cm³/mol. The van der Waals surface area contributed by atoms with Crippen molar-refractivity contribution in [1.82, 2.24) is 15.2 Å². The zero-order valence-electron chi connectivity index (χ0n) is 9.91. The van der Waals surface area contributed by atoms with Gasteiger partial charge in [-0.3, -0.25) is 9.89 Å². The number of hydrogen-bond donors (Lipinski definition) is 2. The number of anilines is 1. The van der Waals surface area contributed by atoms with Gasteiger partial charge in [0, 0.05) is 4.47 Å². The average molecular weight is 362 g/mol. The molecule has 0 fully saturated rings. The number of halogens is 2. The summed E-state index contributed by atoms with van der Waals surface area (Å²) in [6.45, 7) is 1.80. The van der Waals surface area contributed by atoms with Crippen molar-refractivity contribution in [3.8, 4) is 0 Å². The molecule has 0 unspecified atom stereocenters. The molecular formula is C11H10BrClN4OS. The van der Waals surface area contributed by atoms with Gasteiger partial charge < -0.3 is 5.32 Å². The number of carbonyl (C=O) groups excluding carboxylic acids is 1. The standard InChI is InChI=1S/C11H10BrClN4OS/c1-6-14-11(17-16-6)19-5-10(18)15-9-3-2-7(12)4-8(9)13/h2-4H,5H2,1H3,(H,15,18)(H,14,16,17). The van der Waals surface area contributed by atoms with E-state index in [1.807, 2.05) is 6.07 Å². The second-order valence-corrected chi connectivity index (χ2v) is 5.93. The van der Waals surface area contributed by atoms with Gasteiger partial charge in [-0.05, 0) is 25.1 Å². The van der Waals surface area contributed by atoms with Crippen LogP contribution in [0.5, 0.6) is 0 Å². The monoisotopic (exact) mass is 360 g/mol. The summed E-state index contributed by atoms with van der Waals surface area (Å²) in [5, 5.41) is 10.4. The summed E-state index contributed by atoms with van der Waals surface area (Å²) in [4.78, 5) is 15.9. The summed E-state index contributed by atoms with van der Waals surface area (Å²) in [6, 6.07) is 5.28. The van der Waals surface area contributed by atoms with Gasteiger partial charge in [-0.15, -0.1) is 5.10 Å². The van der Waals surface area contributed by atoms with Crippen LogP contribution in [0, 0.1) is 6.92 Å². The van der Waals surface area contributed by atoms with Crippen molar-refractivity contribution < 1.29 is 4.79 Å². The minimum Gasteiger partial charge on any atom is -0.324 e. The van der Waals surface area contributed by atoms with E-state index in [1.54, 1.807) is 19.1 Å². The van der Waals surface area contributed by atoms with Crippen LogP contribution < -0.4 is 5.32 Å². The molecule has 1 aromatic heterocycles. The highest BCUT2D eigenvalue weighted by molar-refractivity contribution is 9.10. The molecule has 0 aliphatic carbocycles. The zero-order valence-corrected chi connectivity index (χ0v) is 13.1. The van der Waals surface area contributed by atoms with Crippen molar-refractivity contribution in [3.05, 3.63) is 33.5 Å². The Morgan fingerprint density at radius 1 is 1.58 bits per heavy atom. The predicted octanol–water partition coefficient (Wildman–Crippen LogP) is 3.26. The number of hydrogen-bond acceptors (Lipinski definition) is 4. The molecule has 0 spiro atoms. The number of amides is 1. The van der Waals surface area contributed by atoms with Gasteiger partial charge in [0.2, 0.25) is 11.1 Å². The Balaban J connectivity index is 1.90. The van der Waals surface area contributed by atoms with Gasteiger partial charge in [0.05, 0.1) is 16.5 Å². The van der Waals surface area contributed by atoms with Crippen molar-refractivity contribution >= 4 is 50.9 Å². The van der Waals surface area contributed by atoms with Crippen LogP contribution in [0.3, 0.4) is 0 Å². The van der Waals surface area contributed by atoms with Crippen LogP contribution in [0.2, 0.25) is 5.02 Å². The SMILES string of the molecule is Cc1nc(SCC(=O)Nc2ccc(Br)cc2Cl)n[nH]1. The minimum absolute atomic E-state index is 0.156. The number of aromatic nitrogens is 3. The molecule has 5 nitrogen and oxygen atoms in total. The molecule has 2 rings (SSSR count). The van der Waals surface area contributed by atoms with Crippen molar-refractivity contribution in [1.29, 1.82) is 0 Å². The average Bonchev–Trinajstić information content (AvgIpc) is 2.76. The Bertz CT molecular complexity index is 604. The van der Waals surface area contributed by atoms with Crippen LogP contribution in [0.4, 0.5) is 5.69 Å². The third-order valence-corrected chi connectivity index (χ3v) is 3.77. The van der Waals surface area contributed by atoms with Crippen molar-refractivity contribution in [2.45, 2.75) is 12.1 Å². The topological polar surface area (TPSA) is 70.7 Å². The fourth-order valence-electron chi connectivity index (χ4n) is 1.29. The Morgan fingerprint density at radius 3 is 3.00 bits per heavy atom. The number of carbonyl (C=O) groups is 1. The molecule has 8 heteroatoms. The second-order valence-electron chi connectivity index (χ2n) is 3.66. The zero-order chi connectivity index (χ0) is 13.8. The minimum atomic E-state index is -0.156. The first kappa shape index (κ1) is 14.4. The van der Waals surface area contributed by atoms with E-state index in [1.165, 1.54) is 11.8 Å². The van der Waals surface area contributed by atoms with E-state index in [0.29, 0.717) is 15.9 Å². The number of nitrogens with zero attached hydrogens (tertiary/aromatic N) is 2. The van der Waals surface area contributed by atoms with Crippen molar-refractivity contribution in [2.24, 2.45) is 0 Å². The number of rotatable bonds is 4. The van der Waals surface area contributed by atoms with Crippen LogP contribution in [0.15, 0.2) is 27.8 Å². The summed E-state index contributed by atoms with van der Waals surface area (Å²) in [6.07, 6.45) is 0. The third kappa shape index (κ3) is 4.22. The molecule has 2 N–H and O–H groups in total. The highest BCUT2D eigenvalue weighted by Gasteiger charge is 2.08. The largest absolute Gasteiger partial charge is 0.324 e. The lowest BCUT2D eigenvalue weighted by Crippen LogP contribution is -2.14. The molecular weight excluding hydrogens is 352 g/mol. The van der Waals surface area contributed by atoms with Gasteiger partial charge in [-0.2, -0.15) is 0 Å². The Kier molecular flexibility index (Phi) is 4.84. The first-order chi connectivity index (χ1) is 9.04. The fourth-order valence-corrected chi connectivity index (χ4v) is 2.66. The number of H-pyrrole nitrogens is 1. The molecule has 0 bridgehead atoms.